The molecular weight excluding hydrogens is 232 g/mol. The summed E-state index contributed by atoms with van der Waals surface area (Å²) < 4.78 is 0. The molecule has 0 amide bonds. The number of anilines is 2. The number of nitrogens with one attached hydrogen (secondary N) is 2. The lowest BCUT2D eigenvalue weighted by Gasteiger charge is -2.22. The van der Waals surface area contributed by atoms with Crippen LogP contribution < -0.4 is 10.6 Å². The van der Waals surface area contributed by atoms with Crippen molar-refractivity contribution in [3.8, 4) is 0 Å². The summed E-state index contributed by atoms with van der Waals surface area (Å²) >= 11 is 0. The number of fused-ring (bicyclic) bond motifs is 1. The monoisotopic (exact) mass is 248 g/mol. The maximum absolute atomic E-state index is 11.1. The van der Waals surface area contributed by atoms with Gasteiger partial charge in [-0.05, 0) is 21.0 Å². The van der Waals surface area contributed by atoms with Crippen LogP contribution in [-0.2, 0) is 6.54 Å². The van der Waals surface area contributed by atoms with Crippen molar-refractivity contribution >= 4 is 17.1 Å². The molecule has 2 rings (SSSR count). The molecule has 0 fully saturated rings. The number of nitrogens with zero attached hydrogens (tertiary/aromatic N) is 2. The maximum atomic E-state index is 11.1. The molecule has 1 aliphatic heterocycles. The molecule has 96 valence electrons. The van der Waals surface area contributed by atoms with Gasteiger partial charge in [0.2, 0.25) is 0 Å². The molecule has 0 bridgehead atoms. The van der Waals surface area contributed by atoms with E-state index in [-0.39, 0.29) is 10.6 Å². The third-order valence-electron chi connectivity index (χ3n) is 2.91. The van der Waals surface area contributed by atoms with Crippen LogP contribution in [0.1, 0.15) is 11.1 Å². The molecule has 1 aromatic carbocycles. The summed E-state index contributed by atoms with van der Waals surface area (Å²) in [6.45, 7) is 2.44. The lowest BCUT2D eigenvalue weighted by atomic mass is 10.0. The van der Waals surface area contributed by atoms with E-state index in [1.165, 1.54) is 0 Å². The number of hydrogen-bond donors (Lipinski definition) is 2. The van der Waals surface area contributed by atoms with Crippen LogP contribution in [0.4, 0.5) is 17.1 Å². The normalized spacial score (nSPS) is 12.9. The molecule has 1 aliphatic rings. The molecule has 0 radical (unpaired) electrons. The van der Waals surface area contributed by atoms with Crippen molar-refractivity contribution < 1.29 is 4.92 Å². The third kappa shape index (κ3) is 2.14. The van der Waals surface area contributed by atoms with E-state index in [0.29, 0.717) is 12.1 Å². The Balaban J connectivity index is 2.60. The van der Waals surface area contributed by atoms with Crippen molar-refractivity contribution in [2.24, 2.45) is 0 Å². The molecule has 0 spiro atoms. The van der Waals surface area contributed by atoms with Crippen LogP contribution in [0.5, 0.6) is 0 Å². The summed E-state index contributed by atoms with van der Waals surface area (Å²) in [7, 11) is 3.88. The summed E-state index contributed by atoms with van der Waals surface area (Å²) in [4.78, 5) is 12.7. The first-order valence-electron chi connectivity index (χ1n) is 5.64. The largest absolute Gasteiger partial charge is 0.358 e. The molecule has 0 saturated carbocycles. The summed E-state index contributed by atoms with van der Waals surface area (Å²) in [5.41, 5.74) is 3.45. The van der Waals surface area contributed by atoms with Crippen LogP contribution in [0, 0.1) is 17.0 Å². The third-order valence-corrected chi connectivity index (χ3v) is 2.91. The van der Waals surface area contributed by atoms with Crippen molar-refractivity contribution in [1.29, 1.82) is 0 Å². The van der Waals surface area contributed by atoms with Crippen molar-refractivity contribution in [2.45, 2.75) is 13.5 Å². The minimum Gasteiger partial charge on any atom is -0.358 e. The fourth-order valence-electron chi connectivity index (χ4n) is 2.06. The molecule has 18 heavy (non-hydrogen) atoms. The van der Waals surface area contributed by atoms with E-state index in [2.05, 4.69) is 10.6 Å². The molecule has 0 unspecified atom stereocenters. The summed E-state index contributed by atoms with van der Waals surface area (Å²) in [6, 6.07) is 1.57. The van der Waals surface area contributed by atoms with E-state index < -0.39 is 0 Å². The lowest BCUT2D eigenvalue weighted by Crippen LogP contribution is -2.16. The van der Waals surface area contributed by atoms with E-state index in [9.17, 15) is 10.1 Å². The van der Waals surface area contributed by atoms with Crippen molar-refractivity contribution in [2.75, 3.05) is 24.7 Å². The van der Waals surface area contributed by atoms with E-state index in [1.807, 2.05) is 19.0 Å². The Morgan fingerprint density at radius 3 is 2.61 bits per heavy atom. The minimum absolute atomic E-state index is 0.148. The van der Waals surface area contributed by atoms with Gasteiger partial charge in [-0.2, -0.15) is 0 Å². The minimum atomic E-state index is -0.339. The average Bonchev–Trinajstić information content (AvgIpc) is 2.31. The van der Waals surface area contributed by atoms with E-state index >= 15 is 0 Å². The Labute approximate surface area is 105 Å². The number of nitro benzene ring substituents is 1. The Morgan fingerprint density at radius 1 is 1.33 bits per heavy atom. The van der Waals surface area contributed by atoms with Gasteiger partial charge in [-0.1, -0.05) is 0 Å². The van der Waals surface area contributed by atoms with Crippen LogP contribution in [0.15, 0.2) is 18.5 Å². The Morgan fingerprint density at radius 2 is 2.00 bits per heavy atom. The summed E-state index contributed by atoms with van der Waals surface area (Å²) in [5, 5.41) is 17.3. The van der Waals surface area contributed by atoms with Gasteiger partial charge in [0.05, 0.1) is 16.3 Å². The van der Waals surface area contributed by atoms with Gasteiger partial charge >= 0.3 is 0 Å². The van der Waals surface area contributed by atoms with Crippen LogP contribution in [0.25, 0.3) is 0 Å². The highest BCUT2D eigenvalue weighted by Gasteiger charge is 2.22. The topological polar surface area (TPSA) is 70.4 Å². The van der Waals surface area contributed by atoms with Gasteiger partial charge in [0.1, 0.15) is 0 Å². The fraction of sp³-hybridized carbons (Fsp3) is 0.333. The zero-order valence-corrected chi connectivity index (χ0v) is 10.7. The van der Waals surface area contributed by atoms with Crippen LogP contribution in [0.3, 0.4) is 0 Å². The number of rotatable bonds is 3. The van der Waals surface area contributed by atoms with Crippen molar-refractivity contribution in [1.82, 2.24) is 4.90 Å². The lowest BCUT2D eigenvalue weighted by molar-refractivity contribution is -0.385. The fourth-order valence-corrected chi connectivity index (χ4v) is 2.06. The highest BCUT2D eigenvalue weighted by atomic mass is 16.6. The van der Waals surface area contributed by atoms with Gasteiger partial charge in [-0.15, -0.1) is 0 Å². The SMILES string of the molecule is Cc1c([N+](=O)[O-])cc2c(c1CN(C)C)NC=CN2. The summed E-state index contributed by atoms with van der Waals surface area (Å²) in [6.07, 6.45) is 3.51. The number of benzene rings is 1. The number of hydrogen-bond acceptors (Lipinski definition) is 5. The quantitative estimate of drug-likeness (QED) is 0.634. The predicted octanol–water partition coefficient (Wildman–Crippen LogP) is 2.27. The standard InChI is InChI=1S/C12H16N4O2/c1-8-9(7-15(2)3)12-10(13-4-5-14-12)6-11(8)16(17)18/h4-6,13-14H,7H2,1-3H3. The van der Waals surface area contributed by atoms with Gasteiger partial charge in [-0.3, -0.25) is 10.1 Å². The van der Waals surface area contributed by atoms with Crippen molar-refractivity contribution in [3.63, 3.8) is 0 Å². The van der Waals surface area contributed by atoms with Gasteiger partial charge in [-0.25, -0.2) is 0 Å². The summed E-state index contributed by atoms with van der Waals surface area (Å²) in [5.74, 6) is 0. The van der Waals surface area contributed by atoms with Gasteiger partial charge in [0.25, 0.3) is 5.69 Å². The van der Waals surface area contributed by atoms with Crippen LogP contribution in [-0.4, -0.2) is 23.9 Å². The molecule has 0 aliphatic carbocycles. The van der Waals surface area contributed by atoms with Crippen LogP contribution in [0.2, 0.25) is 0 Å². The Kier molecular flexibility index (Phi) is 3.20. The molecule has 1 aromatic rings. The molecular formula is C12H16N4O2. The highest BCUT2D eigenvalue weighted by Crippen LogP contribution is 2.37. The second-order valence-corrected chi connectivity index (χ2v) is 4.54. The second kappa shape index (κ2) is 4.66. The van der Waals surface area contributed by atoms with Gasteiger partial charge in [0.15, 0.2) is 0 Å². The number of nitro groups is 1. The van der Waals surface area contributed by atoms with E-state index in [1.54, 1.807) is 25.4 Å². The zero-order chi connectivity index (χ0) is 13.3. The zero-order valence-electron chi connectivity index (χ0n) is 10.7. The predicted molar refractivity (Wildman–Crippen MR) is 71.6 cm³/mol. The molecule has 1 heterocycles. The molecule has 6 nitrogen and oxygen atoms in total. The first-order valence-corrected chi connectivity index (χ1v) is 5.64. The maximum Gasteiger partial charge on any atom is 0.274 e. The van der Waals surface area contributed by atoms with Crippen molar-refractivity contribution in [3.05, 3.63) is 39.7 Å². The smallest absolute Gasteiger partial charge is 0.274 e. The van der Waals surface area contributed by atoms with E-state index in [4.69, 9.17) is 0 Å². The molecule has 0 atom stereocenters. The average molecular weight is 248 g/mol. The Bertz CT molecular complexity index is 523. The molecule has 2 N–H and O–H groups in total. The van der Waals surface area contributed by atoms with Gasteiger partial charge in [0, 0.05) is 36.1 Å². The second-order valence-electron chi connectivity index (χ2n) is 4.54. The molecule has 0 aromatic heterocycles. The molecule has 6 heteroatoms. The van der Waals surface area contributed by atoms with E-state index in [0.717, 1.165) is 16.9 Å². The Hall–Kier alpha value is -2.08. The first-order chi connectivity index (χ1) is 8.50. The molecule has 0 saturated heterocycles. The van der Waals surface area contributed by atoms with Gasteiger partial charge < -0.3 is 15.5 Å². The highest BCUT2D eigenvalue weighted by molar-refractivity contribution is 5.81. The van der Waals surface area contributed by atoms with Crippen LogP contribution >= 0.6 is 0 Å². The first kappa shape index (κ1) is 12.4.